The van der Waals surface area contributed by atoms with Gasteiger partial charge in [-0.3, -0.25) is 0 Å². The Labute approximate surface area is 163 Å². The quantitative estimate of drug-likeness (QED) is 0.450. The van der Waals surface area contributed by atoms with Gasteiger partial charge in [0, 0.05) is 12.0 Å². The van der Waals surface area contributed by atoms with Gasteiger partial charge in [-0.2, -0.15) is 8.78 Å². The molecule has 0 spiro atoms. The monoisotopic (exact) mass is 394 g/mol. The lowest BCUT2D eigenvalue weighted by molar-refractivity contribution is -0.0498. The van der Waals surface area contributed by atoms with Gasteiger partial charge in [0.2, 0.25) is 0 Å². The molecular formula is C23H26F4O. The van der Waals surface area contributed by atoms with Gasteiger partial charge in [-0.05, 0) is 72.9 Å². The average molecular weight is 394 g/mol. The standard InChI is InChI=1S/C23H26F4O/c1-2-3-15-4-8-17(9-5-15)18-13-21(24)20(22(25)14-18)12-16-6-10-19(11-7-16)28-23(26)27/h6-7,10-11,13-15,17,23H,2-5,8-9,12H2,1H3. The molecule has 1 saturated carbocycles. The highest BCUT2D eigenvalue weighted by Gasteiger charge is 2.24. The molecule has 0 amide bonds. The molecule has 3 rings (SSSR count). The van der Waals surface area contributed by atoms with Gasteiger partial charge in [0.15, 0.2) is 0 Å². The van der Waals surface area contributed by atoms with Crippen LogP contribution in [0.15, 0.2) is 36.4 Å². The van der Waals surface area contributed by atoms with Crippen molar-refractivity contribution in [3.05, 3.63) is 64.7 Å². The Balaban J connectivity index is 1.68. The van der Waals surface area contributed by atoms with Crippen molar-refractivity contribution in [3.63, 3.8) is 0 Å². The third-order valence-electron chi connectivity index (χ3n) is 5.71. The van der Waals surface area contributed by atoms with E-state index in [1.165, 1.54) is 37.1 Å². The predicted octanol–water partition coefficient (Wildman–Crippen LogP) is 7.23. The largest absolute Gasteiger partial charge is 0.435 e. The zero-order valence-corrected chi connectivity index (χ0v) is 16.1. The highest BCUT2D eigenvalue weighted by atomic mass is 19.3. The summed E-state index contributed by atoms with van der Waals surface area (Å²) in [7, 11) is 0. The first kappa shape index (κ1) is 20.7. The van der Waals surface area contributed by atoms with Crippen LogP contribution in [0.2, 0.25) is 0 Å². The first-order valence-electron chi connectivity index (χ1n) is 9.97. The molecule has 0 unspecified atom stereocenters. The summed E-state index contributed by atoms with van der Waals surface area (Å²) in [6.07, 6.45) is 6.68. The van der Waals surface area contributed by atoms with E-state index in [1.807, 2.05) is 0 Å². The molecule has 1 fully saturated rings. The third-order valence-corrected chi connectivity index (χ3v) is 5.71. The molecule has 0 saturated heterocycles. The molecule has 1 nitrogen and oxygen atoms in total. The lowest BCUT2D eigenvalue weighted by atomic mass is 9.77. The zero-order valence-electron chi connectivity index (χ0n) is 16.1. The van der Waals surface area contributed by atoms with Crippen LogP contribution in [0.3, 0.4) is 0 Å². The number of hydrogen-bond donors (Lipinski definition) is 0. The van der Waals surface area contributed by atoms with Crippen LogP contribution in [0, 0.1) is 17.6 Å². The molecule has 0 aliphatic heterocycles. The number of benzene rings is 2. The average Bonchev–Trinajstić information content (AvgIpc) is 2.66. The number of ether oxygens (including phenoxy) is 1. The smallest absolute Gasteiger partial charge is 0.387 e. The van der Waals surface area contributed by atoms with Crippen LogP contribution in [0.4, 0.5) is 17.6 Å². The second-order valence-electron chi connectivity index (χ2n) is 7.67. The van der Waals surface area contributed by atoms with Crippen molar-refractivity contribution >= 4 is 0 Å². The molecule has 0 heterocycles. The molecule has 2 aromatic rings. The number of halogens is 4. The molecule has 1 aliphatic carbocycles. The van der Waals surface area contributed by atoms with Crippen molar-refractivity contribution in [2.24, 2.45) is 5.92 Å². The maximum atomic E-state index is 14.6. The number of rotatable bonds is 7. The van der Waals surface area contributed by atoms with Crippen LogP contribution in [-0.2, 0) is 6.42 Å². The number of hydrogen-bond acceptors (Lipinski definition) is 1. The Hall–Kier alpha value is -2.04. The summed E-state index contributed by atoms with van der Waals surface area (Å²) in [4.78, 5) is 0. The normalized spacial score (nSPS) is 19.8. The van der Waals surface area contributed by atoms with Gasteiger partial charge < -0.3 is 4.74 Å². The molecule has 0 atom stereocenters. The first-order valence-corrected chi connectivity index (χ1v) is 9.97. The molecule has 0 aromatic heterocycles. The van der Waals surface area contributed by atoms with E-state index < -0.39 is 18.2 Å². The SMILES string of the molecule is CCCC1CCC(c2cc(F)c(Cc3ccc(OC(F)F)cc3)c(F)c2)CC1. The lowest BCUT2D eigenvalue weighted by Gasteiger charge is -2.29. The lowest BCUT2D eigenvalue weighted by Crippen LogP contribution is -2.14. The van der Waals surface area contributed by atoms with Crippen LogP contribution in [0.5, 0.6) is 5.75 Å². The summed E-state index contributed by atoms with van der Waals surface area (Å²) in [5.41, 5.74) is 1.38. The molecule has 1 aliphatic rings. The summed E-state index contributed by atoms with van der Waals surface area (Å²) in [5, 5.41) is 0. The topological polar surface area (TPSA) is 9.23 Å². The van der Waals surface area contributed by atoms with Crippen LogP contribution >= 0.6 is 0 Å². The van der Waals surface area contributed by atoms with Crippen molar-refractivity contribution in [1.82, 2.24) is 0 Å². The maximum Gasteiger partial charge on any atom is 0.387 e. The van der Waals surface area contributed by atoms with Crippen LogP contribution < -0.4 is 4.74 Å². The van der Waals surface area contributed by atoms with Crippen LogP contribution in [0.1, 0.15) is 68.1 Å². The minimum atomic E-state index is -2.90. The molecule has 0 N–H and O–H groups in total. The van der Waals surface area contributed by atoms with Gasteiger partial charge in [0.05, 0.1) is 0 Å². The highest BCUT2D eigenvalue weighted by molar-refractivity contribution is 5.35. The molecular weight excluding hydrogens is 368 g/mol. The fourth-order valence-corrected chi connectivity index (χ4v) is 4.21. The van der Waals surface area contributed by atoms with Gasteiger partial charge in [-0.25, -0.2) is 8.78 Å². The summed E-state index contributed by atoms with van der Waals surface area (Å²) in [5.74, 6) is -0.102. The maximum absolute atomic E-state index is 14.6. The minimum absolute atomic E-state index is 0.00551. The minimum Gasteiger partial charge on any atom is -0.435 e. The van der Waals surface area contributed by atoms with Crippen molar-refractivity contribution in [1.29, 1.82) is 0 Å². The van der Waals surface area contributed by atoms with E-state index in [0.717, 1.165) is 37.2 Å². The van der Waals surface area contributed by atoms with Gasteiger partial charge in [-0.15, -0.1) is 0 Å². The summed E-state index contributed by atoms with van der Waals surface area (Å²) in [6.45, 7) is -0.708. The van der Waals surface area contributed by atoms with Crippen molar-refractivity contribution < 1.29 is 22.3 Å². The molecule has 0 bridgehead atoms. The highest BCUT2D eigenvalue weighted by Crippen LogP contribution is 2.38. The van der Waals surface area contributed by atoms with Crippen LogP contribution in [0.25, 0.3) is 0 Å². The van der Waals surface area contributed by atoms with Crippen molar-refractivity contribution in [2.45, 2.75) is 64.4 Å². The van der Waals surface area contributed by atoms with E-state index in [2.05, 4.69) is 11.7 Å². The van der Waals surface area contributed by atoms with Crippen molar-refractivity contribution in [2.75, 3.05) is 0 Å². The van der Waals surface area contributed by atoms with Gasteiger partial charge in [0.25, 0.3) is 0 Å². The van der Waals surface area contributed by atoms with E-state index in [0.29, 0.717) is 5.56 Å². The van der Waals surface area contributed by atoms with E-state index in [1.54, 1.807) is 12.1 Å². The summed E-state index contributed by atoms with van der Waals surface area (Å²) < 4.78 is 58.0. The third kappa shape index (κ3) is 5.27. The Kier molecular flexibility index (Phi) is 6.97. The fourth-order valence-electron chi connectivity index (χ4n) is 4.21. The first-order chi connectivity index (χ1) is 13.5. The van der Waals surface area contributed by atoms with E-state index >= 15 is 0 Å². The van der Waals surface area contributed by atoms with E-state index in [-0.39, 0.29) is 23.7 Å². The molecule has 0 radical (unpaired) electrons. The van der Waals surface area contributed by atoms with Gasteiger partial charge in [-0.1, -0.05) is 31.9 Å². The van der Waals surface area contributed by atoms with Crippen molar-refractivity contribution in [3.8, 4) is 5.75 Å². The Bertz CT molecular complexity index is 742. The number of alkyl halides is 2. The fraction of sp³-hybridized carbons (Fsp3) is 0.478. The molecule has 152 valence electrons. The second kappa shape index (κ2) is 9.44. The zero-order chi connectivity index (χ0) is 20.1. The predicted molar refractivity (Wildman–Crippen MR) is 102 cm³/mol. The Morgan fingerprint density at radius 1 is 0.964 bits per heavy atom. The Morgan fingerprint density at radius 3 is 2.11 bits per heavy atom. The molecule has 2 aromatic carbocycles. The summed E-state index contributed by atoms with van der Waals surface area (Å²) in [6, 6.07) is 8.77. The van der Waals surface area contributed by atoms with Gasteiger partial charge in [0.1, 0.15) is 17.4 Å². The molecule has 5 heteroatoms. The van der Waals surface area contributed by atoms with Gasteiger partial charge >= 0.3 is 6.61 Å². The van der Waals surface area contributed by atoms with E-state index in [4.69, 9.17) is 0 Å². The second-order valence-corrected chi connectivity index (χ2v) is 7.67. The van der Waals surface area contributed by atoms with E-state index in [9.17, 15) is 17.6 Å². The summed E-state index contributed by atoms with van der Waals surface area (Å²) >= 11 is 0. The van der Waals surface area contributed by atoms with Crippen LogP contribution in [-0.4, -0.2) is 6.61 Å². The molecule has 28 heavy (non-hydrogen) atoms. The Morgan fingerprint density at radius 2 is 1.57 bits per heavy atom.